The molecule has 150 valence electrons. The summed E-state index contributed by atoms with van der Waals surface area (Å²) in [4.78, 5) is 23.1. The van der Waals surface area contributed by atoms with Crippen LogP contribution in [0.1, 0.15) is 47.0 Å². The second-order valence-corrected chi connectivity index (χ2v) is 8.98. The number of amides is 1. The third kappa shape index (κ3) is 4.73. The van der Waals surface area contributed by atoms with Gasteiger partial charge in [0.2, 0.25) is 5.91 Å². The highest BCUT2D eigenvalue weighted by Crippen LogP contribution is 2.36. The number of hydrogen-bond acceptors (Lipinski definition) is 5. The van der Waals surface area contributed by atoms with Crippen molar-refractivity contribution in [2.24, 2.45) is 0 Å². The minimum absolute atomic E-state index is 0.203. The van der Waals surface area contributed by atoms with E-state index in [4.69, 9.17) is 4.74 Å². The molecule has 0 bridgehead atoms. The molecule has 0 spiro atoms. The Morgan fingerprint density at radius 1 is 1.21 bits per heavy atom. The number of carbonyl (C=O) groups excluding carboxylic acids is 1. The van der Waals surface area contributed by atoms with Crippen LogP contribution in [0.2, 0.25) is 0 Å². The number of carbonyl (C=O) groups is 1. The molecule has 5 nitrogen and oxygen atoms in total. The first-order chi connectivity index (χ1) is 13.7. The van der Waals surface area contributed by atoms with E-state index in [1.54, 1.807) is 7.11 Å². The Kier molecular flexibility index (Phi) is 6.27. The van der Waals surface area contributed by atoms with Crippen molar-refractivity contribution >= 4 is 17.2 Å². The molecule has 0 unspecified atom stereocenters. The third-order valence-electron chi connectivity index (χ3n) is 5.87. The summed E-state index contributed by atoms with van der Waals surface area (Å²) >= 11 is 1.89. The van der Waals surface area contributed by atoms with Gasteiger partial charge in [0, 0.05) is 49.7 Å². The van der Waals surface area contributed by atoms with Crippen LogP contribution in [0, 0.1) is 0 Å². The van der Waals surface area contributed by atoms with Crippen LogP contribution in [0.25, 0.3) is 0 Å². The predicted octanol–water partition coefficient (Wildman–Crippen LogP) is 3.70. The average molecular weight is 400 g/mol. The molecule has 6 heteroatoms. The Hall–Kier alpha value is -1.92. The molecule has 1 saturated carbocycles. The van der Waals surface area contributed by atoms with Gasteiger partial charge in [0.05, 0.1) is 18.5 Å². The van der Waals surface area contributed by atoms with E-state index in [1.807, 2.05) is 40.5 Å². The topological polar surface area (TPSA) is 45.7 Å². The van der Waals surface area contributed by atoms with E-state index in [0.29, 0.717) is 12.3 Å². The third-order valence-corrected chi connectivity index (χ3v) is 7.01. The highest BCUT2D eigenvalue weighted by molar-refractivity contribution is 7.11. The first kappa shape index (κ1) is 19.4. The van der Waals surface area contributed by atoms with Crippen LogP contribution >= 0.6 is 11.3 Å². The van der Waals surface area contributed by atoms with Crippen molar-refractivity contribution in [3.63, 3.8) is 0 Å². The zero-order valence-corrected chi connectivity index (χ0v) is 17.4. The number of ether oxygens (including phenoxy) is 1. The van der Waals surface area contributed by atoms with Gasteiger partial charge in [-0.15, -0.1) is 11.3 Å². The van der Waals surface area contributed by atoms with Crippen LogP contribution in [0.15, 0.2) is 30.5 Å². The molecule has 4 rings (SSSR count). The fourth-order valence-electron chi connectivity index (χ4n) is 4.20. The van der Waals surface area contributed by atoms with Gasteiger partial charge in [-0.05, 0) is 30.5 Å². The highest BCUT2D eigenvalue weighted by atomic mass is 32.1. The first-order valence-corrected chi connectivity index (χ1v) is 11.1. The lowest BCUT2D eigenvalue weighted by molar-refractivity contribution is -0.132. The maximum Gasteiger partial charge on any atom is 0.227 e. The van der Waals surface area contributed by atoms with E-state index < -0.39 is 0 Å². The van der Waals surface area contributed by atoms with Crippen molar-refractivity contribution in [1.29, 1.82) is 0 Å². The van der Waals surface area contributed by atoms with E-state index in [2.05, 4.69) is 16.1 Å². The van der Waals surface area contributed by atoms with Crippen LogP contribution in [0.5, 0.6) is 5.75 Å². The Bertz CT molecular complexity index is 793. The van der Waals surface area contributed by atoms with Gasteiger partial charge in [0.1, 0.15) is 5.75 Å². The molecule has 1 saturated heterocycles. The average Bonchev–Trinajstić information content (AvgIpc) is 3.40. The Balaban J connectivity index is 1.25. The second kappa shape index (κ2) is 9.05. The maximum absolute atomic E-state index is 12.6. The van der Waals surface area contributed by atoms with Gasteiger partial charge in [-0.3, -0.25) is 9.69 Å². The van der Waals surface area contributed by atoms with Crippen molar-refractivity contribution in [2.45, 2.75) is 44.6 Å². The fourth-order valence-corrected chi connectivity index (χ4v) is 5.33. The number of thiazole rings is 1. The standard InChI is InChI=1S/C22H29N3O2S/c1-27-19-8-4-5-17(13-19)14-21(26)25-11-9-24(10-12-25)16-20-15-23-22(28-20)18-6-2-3-7-18/h4-5,8,13,15,18H,2-3,6-7,9-12,14,16H2,1H3. The molecule has 2 aromatic rings. The number of piperazine rings is 1. The molecule has 1 aromatic heterocycles. The summed E-state index contributed by atoms with van der Waals surface area (Å²) in [5.41, 5.74) is 1.01. The molecule has 1 aliphatic heterocycles. The molecule has 28 heavy (non-hydrogen) atoms. The van der Waals surface area contributed by atoms with E-state index in [9.17, 15) is 4.79 Å². The minimum atomic E-state index is 0.203. The van der Waals surface area contributed by atoms with Crippen molar-refractivity contribution in [1.82, 2.24) is 14.8 Å². The molecule has 0 atom stereocenters. The van der Waals surface area contributed by atoms with E-state index in [-0.39, 0.29) is 5.91 Å². The summed E-state index contributed by atoms with van der Waals surface area (Å²) in [6.45, 7) is 4.43. The van der Waals surface area contributed by atoms with E-state index in [0.717, 1.165) is 44.0 Å². The molecule has 1 amide bonds. The summed E-state index contributed by atoms with van der Waals surface area (Å²) in [5, 5.41) is 1.33. The Morgan fingerprint density at radius 2 is 2.00 bits per heavy atom. The molecule has 1 aliphatic carbocycles. The lowest BCUT2D eigenvalue weighted by Crippen LogP contribution is -2.48. The normalized spacial score (nSPS) is 18.5. The molecule has 0 radical (unpaired) electrons. The van der Waals surface area contributed by atoms with E-state index in [1.165, 1.54) is 35.6 Å². The van der Waals surface area contributed by atoms with E-state index >= 15 is 0 Å². The first-order valence-electron chi connectivity index (χ1n) is 10.3. The number of hydrogen-bond donors (Lipinski definition) is 0. The van der Waals surface area contributed by atoms with Crippen molar-refractivity contribution in [2.75, 3.05) is 33.3 Å². The lowest BCUT2D eigenvalue weighted by atomic mass is 10.1. The zero-order chi connectivity index (χ0) is 19.3. The summed E-state index contributed by atoms with van der Waals surface area (Å²) in [6, 6.07) is 7.78. The van der Waals surface area contributed by atoms with Gasteiger partial charge in [-0.2, -0.15) is 0 Å². The maximum atomic E-state index is 12.6. The van der Waals surface area contributed by atoms with Crippen molar-refractivity contribution in [3.05, 3.63) is 45.9 Å². The molecule has 0 N–H and O–H groups in total. The summed E-state index contributed by atoms with van der Waals surface area (Å²) in [6.07, 6.45) is 7.83. The summed E-state index contributed by atoms with van der Waals surface area (Å²) < 4.78 is 5.25. The van der Waals surface area contributed by atoms with Gasteiger partial charge in [0.15, 0.2) is 0 Å². The molecule has 2 aliphatic rings. The predicted molar refractivity (Wildman–Crippen MR) is 112 cm³/mol. The number of aromatic nitrogens is 1. The molecule has 2 fully saturated rings. The molecule has 2 heterocycles. The highest BCUT2D eigenvalue weighted by Gasteiger charge is 2.23. The van der Waals surface area contributed by atoms with Gasteiger partial charge in [-0.1, -0.05) is 25.0 Å². The molecular weight excluding hydrogens is 370 g/mol. The van der Waals surface area contributed by atoms with Gasteiger partial charge >= 0.3 is 0 Å². The monoisotopic (exact) mass is 399 g/mol. The van der Waals surface area contributed by atoms with Crippen LogP contribution in [0.4, 0.5) is 0 Å². The largest absolute Gasteiger partial charge is 0.497 e. The lowest BCUT2D eigenvalue weighted by Gasteiger charge is -2.34. The molecular formula is C22H29N3O2S. The quantitative estimate of drug-likeness (QED) is 0.743. The van der Waals surface area contributed by atoms with Crippen LogP contribution in [0.3, 0.4) is 0 Å². The fraction of sp³-hybridized carbons (Fsp3) is 0.545. The molecule has 1 aromatic carbocycles. The second-order valence-electron chi connectivity index (χ2n) is 7.83. The Morgan fingerprint density at radius 3 is 2.75 bits per heavy atom. The number of benzene rings is 1. The van der Waals surface area contributed by atoms with Crippen LogP contribution in [-0.2, 0) is 17.8 Å². The number of methoxy groups -OCH3 is 1. The van der Waals surface area contributed by atoms with Crippen molar-refractivity contribution in [3.8, 4) is 5.75 Å². The summed E-state index contributed by atoms with van der Waals surface area (Å²) in [7, 11) is 1.65. The van der Waals surface area contributed by atoms with Crippen LogP contribution in [-0.4, -0.2) is 54.0 Å². The zero-order valence-electron chi connectivity index (χ0n) is 16.6. The van der Waals surface area contributed by atoms with Gasteiger partial charge in [-0.25, -0.2) is 4.98 Å². The smallest absolute Gasteiger partial charge is 0.227 e. The van der Waals surface area contributed by atoms with Crippen LogP contribution < -0.4 is 4.74 Å². The number of nitrogens with zero attached hydrogens (tertiary/aromatic N) is 3. The SMILES string of the molecule is COc1cccc(CC(=O)N2CCN(Cc3cnc(C4CCCC4)s3)CC2)c1. The summed E-state index contributed by atoms with van der Waals surface area (Å²) in [5.74, 6) is 1.70. The van der Waals surface area contributed by atoms with Gasteiger partial charge in [0.25, 0.3) is 0 Å². The van der Waals surface area contributed by atoms with Gasteiger partial charge < -0.3 is 9.64 Å². The number of rotatable bonds is 6. The Labute approximate surface area is 171 Å². The minimum Gasteiger partial charge on any atom is -0.497 e. The van der Waals surface area contributed by atoms with Crippen molar-refractivity contribution < 1.29 is 9.53 Å².